The Hall–Kier alpha value is -2.73. The lowest BCUT2D eigenvalue weighted by molar-refractivity contribution is 0.0910. The molecule has 0 bridgehead atoms. The van der Waals surface area contributed by atoms with Gasteiger partial charge in [0.25, 0.3) is 5.91 Å². The summed E-state index contributed by atoms with van der Waals surface area (Å²) < 4.78 is 9.99. The molecule has 2 N–H and O–H groups in total. The normalized spacial score (nSPS) is 9.92. The Morgan fingerprint density at radius 3 is 2.29 bits per heavy atom. The number of rotatable bonds is 5. The molecular formula is C17H17ClN2O4. The van der Waals surface area contributed by atoms with Crippen molar-refractivity contribution in [2.24, 2.45) is 0 Å². The van der Waals surface area contributed by atoms with Crippen LogP contribution in [0.2, 0.25) is 5.02 Å². The lowest BCUT2D eigenvalue weighted by atomic mass is 10.2. The predicted molar refractivity (Wildman–Crippen MR) is 90.1 cm³/mol. The summed E-state index contributed by atoms with van der Waals surface area (Å²) in [6.07, 6.45) is -0.178. The van der Waals surface area contributed by atoms with Gasteiger partial charge >= 0.3 is 6.09 Å². The molecule has 0 unspecified atom stereocenters. The molecule has 0 saturated carbocycles. The monoisotopic (exact) mass is 348 g/mol. The molecule has 6 nitrogen and oxygen atoms in total. The van der Waals surface area contributed by atoms with Gasteiger partial charge in [-0.05, 0) is 42.0 Å². The number of benzene rings is 2. The van der Waals surface area contributed by atoms with Crippen LogP contribution in [0.3, 0.4) is 0 Å². The fraction of sp³-hybridized carbons (Fsp3) is 0.176. The molecule has 0 fully saturated rings. The Morgan fingerprint density at radius 1 is 1.00 bits per heavy atom. The molecule has 2 amide bonds. The van der Waals surface area contributed by atoms with Crippen molar-refractivity contribution in [3.05, 3.63) is 64.7 Å². The zero-order valence-electron chi connectivity index (χ0n) is 13.0. The Balaban J connectivity index is 1.70. The van der Waals surface area contributed by atoms with E-state index in [0.717, 1.165) is 5.56 Å². The molecule has 2 aromatic carbocycles. The number of carbonyl (C=O) groups excluding carboxylic acids is 2. The lowest BCUT2D eigenvalue weighted by Gasteiger charge is -2.09. The molecule has 0 aliphatic rings. The molecular weight excluding hydrogens is 332 g/mol. The van der Waals surface area contributed by atoms with Gasteiger partial charge < -0.3 is 9.47 Å². The molecule has 7 heteroatoms. The number of methoxy groups -OCH3 is 1. The van der Waals surface area contributed by atoms with E-state index in [1.54, 1.807) is 36.4 Å². The van der Waals surface area contributed by atoms with Gasteiger partial charge in [0.2, 0.25) is 0 Å². The first-order chi connectivity index (χ1) is 11.6. The maximum absolute atomic E-state index is 11.8. The molecule has 24 heavy (non-hydrogen) atoms. The van der Waals surface area contributed by atoms with Gasteiger partial charge in [-0.3, -0.25) is 10.2 Å². The molecule has 0 spiro atoms. The third kappa shape index (κ3) is 5.48. The van der Waals surface area contributed by atoms with Gasteiger partial charge in [-0.25, -0.2) is 10.2 Å². The number of hydrazine groups is 1. The highest BCUT2D eigenvalue weighted by atomic mass is 35.5. The third-order valence-electron chi connectivity index (χ3n) is 3.17. The Bertz CT molecular complexity index is 687. The molecule has 126 valence electrons. The van der Waals surface area contributed by atoms with E-state index < -0.39 is 12.0 Å². The van der Waals surface area contributed by atoms with Gasteiger partial charge in [-0.1, -0.05) is 23.7 Å². The van der Waals surface area contributed by atoms with Crippen LogP contribution in [0, 0.1) is 0 Å². The van der Waals surface area contributed by atoms with Crippen molar-refractivity contribution in [3.63, 3.8) is 0 Å². The van der Waals surface area contributed by atoms with E-state index in [1.807, 2.05) is 12.1 Å². The third-order valence-corrected chi connectivity index (χ3v) is 3.42. The van der Waals surface area contributed by atoms with Crippen molar-refractivity contribution in [2.75, 3.05) is 13.7 Å². The lowest BCUT2D eigenvalue weighted by Crippen LogP contribution is -2.42. The van der Waals surface area contributed by atoms with Crippen LogP contribution < -0.4 is 15.6 Å². The van der Waals surface area contributed by atoms with Gasteiger partial charge in [-0.15, -0.1) is 0 Å². The molecule has 0 atom stereocenters. The minimum atomic E-state index is -0.731. The van der Waals surface area contributed by atoms with E-state index >= 15 is 0 Å². The van der Waals surface area contributed by atoms with E-state index in [4.69, 9.17) is 21.1 Å². The van der Waals surface area contributed by atoms with Crippen molar-refractivity contribution >= 4 is 23.6 Å². The maximum atomic E-state index is 11.8. The number of hydrogen-bond donors (Lipinski definition) is 2. The quantitative estimate of drug-likeness (QED) is 0.814. The van der Waals surface area contributed by atoms with Crippen molar-refractivity contribution in [1.29, 1.82) is 0 Å². The summed E-state index contributed by atoms with van der Waals surface area (Å²) in [5.74, 6) is 0.188. The number of hydrogen-bond acceptors (Lipinski definition) is 4. The predicted octanol–water partition coefficient (Wildman–Crippen LogP) is 2.96. The van der Waals surface area contributed by atoms with Crippen molar-refractivity contribution < 1.29 is 19.1 Å². The molecule has 0 aliphatic carbocycles. The number of halogens is 1. The minimum Gasteiger partial charge on any atom is -0.497 e. The second kappa shape index (κ2) is 8.79. The molecule has 0 aromatic heterocycles. The van der Waals surface area contributed by atoms with Crippen LogP contribution in [-0.2, 0) is 11.2 Å². The van der Waals surface area contributed by atoms with Crippen molar-refractivity contribution in [3.8, 4) is 5.75 Å². The van der Waals surface area contributed by atoms with Crippen LogP contribution in [-0.4, -0.2) is 25.7 Å². The first kappa shape index (κ1) is 17.6. The van der Waals surface area contributed by atoms with E-state index in [-0.39, 0.29) is 6.61 Å². The highest BCUT2D eigenvalue weighted by Crippen LogP contribution is 2.11. The number of carbonyl (C=O) groups is 2. The Morgan fingerprint density at radius 2 is 1.67 bits per heavy atom. The fourth-order valence-electron chi connectivity index (χ4n) is 1.87. The van der Waals surface area contributed by atoms with Crippen molar-refractivity contribution in [2.45, 2.75) is 6.42 Å². The second-order valence-electron chi connectivity index (χ2n) is 4.82. The van der Waals surface area contributed by atoms with E-state index in [1.165, 1.54) is 7.11 Å². The standard InChI is InChI=1S/C17H17ClN2O4/c1-23-15-8-4-13(5-9-15)16(21)19-20-17(22)24-11-10-12-2-6-14(18)7-3-12/h2-9H,10-11H2,1H3,(H,19,21)(H,20,22). The largest absolute Gasteiger partial charge is 0.497 e. The summed E-state index contributed by atoms with van der Waals surface area (Å²) >= 11 is 5.79. The van der Waals surface area contributed by atoms with Gasteiger partial charge in [0.1, 0.15) is 5.75 Å². The van der Waals surface area contributed by atoms with Crippen LogP contribution in [0.1, 0.15) is 15.9 Å². The molecule has 0 radical (unpaired) electrons. The zero-order chi connectivity index (χ0) is 17.4. The average Bonchev–Trinajstić information content (AvgIpc) is 2.61. The topological polar surface area (TPSA) is 76.7 Å². The smallest absolute Gasteiger partial charge is 0.426 e. The number of ether oxygens (including phenoxy) is 2. The van der Waals surface area contributed by atoms with Crippen LogP contribution in [0.5, 0.6) is 5.75 Å². The first-order valence-corrected chi connectivity index (χ1v) is 7.58. The molecule has 2 rings (SSSR count). The van der Waals surface area contributed by atoms with Crippen molar-refractivity contribution in [1.82, 2.24) is 10.9 Å². The summed E-state index contributed by atoms with van der Waals surface area (Å²) in [5, 5.41) is 0.652. The first-order valence-electron chi connectivity index (χ1n) is 7.20. The summed E-state index contributed by atoms with van der Waals surface area (Å²) in [5.41, 5.74) is 5.84. The van der Waals surface area contributed by atoms with Gasteiger partial charge in [0, 0.05) is 17.0 Å². The zero-order valence-corrected chi connectivity index (χ0v) is 13.8. The maximum Gasteiger partial charge on any atom is 0.426 e. The number of nitrogens with one attached hydrogen (secondary N) is 2. The fourth-order valence-corrected chi connectivity index (χ4v) is 2.00. The average molecular weight is 349 g/mol. The Kier molecular flexibility index (Phi) is 6.45. The van der Waals surface area contributed by atoms with Gasteiger partial charge in [0.05, 0.1) is 13.7 Å². The minimum absolute atomic E-state index is 0.186. The second-order valence-corrected chi connectivity index (χ2v) is 5.26. The van der Waals surface area contributed by atoms with Gasteiger partial charge in [0.15, 0.2) is 0 Å². The highest BCUT2D eigenvalue weighted by molar-refractivity contribution is 6.30. The van der Waals surface area contributed by atoms with Crippen LogP contribution in [0.15, 0.2) is 48.5 Å². The molecule has 2 aromatic rings. The van der Waals surface area contributed by atoms with E-state index in [0.29, 0.717) is 22.8 Å². The van der Waals surface area contributed by atoms with Crippen LogP contribution in [0.25, 0.3) is 0 Å². The van der Waals surface area contributed by atoms with E-state index in [2.05, 4.69) is 10.9 Å². The molecule has 0 aliphatic heterocycles. The summed E-state index contributed by atoms with van der Waals surface area (Å²) in [4.78, 5) is 23.4. The summed E-state index contributed by atoms with van der Waals surface area (Å²) in [7, 11) is 1.54. The van der Waals surface area contributed by atoms with E-state index in [9.17, 15) is 9.59 Å². The molecule has 0 saturated heterocycles. The highest BCUT2D eigenvalue weighted by Gasteiger charge is 2.08. The van der Waals surface area contributed by atoms with Gasteiger partial charge in [-0.2, -0.15) is 0 Å². The summed E-state index contributed by atoms with van der Waals surface area (Å²) in [6, 6.07) is 13.7. The number of amides is 2. The molecule has 0 heterocycles. The SMILES string of the molecule is COc1ccc(C(=O)NNC(=O)OCCc2ccc(Cl)cc2)cc1. The summed E-state index contributed by atoms with van der Waals surface area (Å²) in [6.45, 7) is 0.186. The van der Waals surface area contributed by atoms with Crippen LogP contribution >= 0.6 is 11.6 Å². The Labute approximate surface area is 144 Å². The van der Waals surface area contributed by atoms with Crippen LogP contribution in [0.4, 0.5) is 4.79 Å².